The van der Waals surface area contributed by atoms with Crippen molar-refractivity contribution in [2.24, 2.45) is 7.05 Å². The van der Waals surface area contributed by atoms with Gasteiger partial charge >= 0.3 is 0 Å². The summed E-state index contributed by atoms with van der Waals surface area (Å²) in [5.41, 5.74) is 0.788. The van der Waals surface area contributed by atoms with E-state index in [0.717, 1.165) is 5.56 Å². The number of sulfonamides is 1. The Morgan fingerprint density at radius 2 is 2.19 bits per heavy atom. The Bertz CT molecular complexity index is 728. The lowest BCUT2D eigenvalue weighted by atomic mass is 10.2. The Balaban J connectivity index is 2.12. The smallest absolute Gasteiger partial charge is 0.261 e. The minimum Gasteiger partial charge on any atom is -0.494 e. The third-order valence-corrected chi connectivity index (χ3v) is 4.65. The van der Waals surface area contributed by atoms with Crippen LogP contribution in [0.1, 0.15) is 12.5 Å². The quantitative estimate of drug-likeness (QED) is 0.879. The molecule has 0 unspecified atom stereocenters. The molecule has 0 aliphatic heterocycles. The van der Waals surface area contributed by atoms with Crippen LogP contribution in [0.2, 0.25) is 5.15 Å². The van der Waals surface area contributed by atoms with Gasteiger partial charge < -0.3 is 9.30 Å². The van der Waals surface area contributed by atoms with Gasteiger partial charge in [0.1, 0.15) is 10.9 Å². The van der Waals surface area contributed by atoms with E-state index >= 15 is 0 Å². The van der Waals surface area contributed by atoms with Crippen LogP contribution >= 0.6 is 11.6 Å². The highest BCUT2D eigenvalue weighted by Crippen LogP contribution is 2.19. The van der Waals surface area contributed by atoms with Gasteiger partial charge in [-0.1, -0.05) is 23.7 Å². The molecule has 0 saturated carbocycles. The summed E-state index contributed by atoms with van der Waals surface area (Å²) in [5, 5.41) is -0.0989. The molecule has 1 heterocycles. The second-order valence-electron chi connectivity index (χ2n) is 4.36. The molecule has 0 atom stereocenters. The van der Waals surface area contributed by atoms with Crippen molar-refractivity contribution in [3.05, 3.63) is 41.3 Å². The Kier molecular flexibility index (Phi) is 4.87. The van der Waals surface area contributed by atoms with Gasteiger partial charge in [0.25, 0.3) is 10.0 Å². The van der Waals surface area contributed by atoms with Gasteiger partial charge in [-0.3, -0.25) is 0 Å². The average molecular weight is 330 g/mol. The van der Waals surface area contributed by atoms with Crippen LogP contribution in [0.3, 0.4) is 0 Å². The van der Waals surface area contributed by atoms with E-state index in [1.807, 2.05) is 25.1 Å². The van der Waals surface area contributed by atoms with Gasteiger partial charge in [0.2, 0.25) is 5.03 Å². The van der Waals surface area contributed by atoms with Crippen LogP contribution in [0.25, 0.3) is 0 Å². The third kappa shape index (κ3) is 3.75. The van der Waals surface area contributed by atoms with Gasteiger partial charge in [-0.2, -0.15) is 0 Å². The number of imidazole rings is 1. The molecule has 8 heteroatoms. The van der Waals surface area contributed by atoms with Crippen LogP contribution in [0, 0.1) is 0 Å². The maximum atomic E-state index is 12.1. The van der Waals surface area contributed by atoms with Crippen molar-refractivity contribution in [2.45, 2.75) is 18.5 Å². The molecule has 1 aromatic heterocycles. The zero-order chi connectivity index (χ0) is 15.5. The summed E-state index contributed by atoms with van der Waals surface area (Å²) in [6.07, 6.45) is 1.35. The molecule has 114 valence electrons. The molecule has 21 heavy (non-hydrogen) atoms. The Morgan fingerprint density at radius 1 is 1.43 bits per heavy atom. The molecule has 1 N–H and O–H groups in total. The summed E-state index contributed by atoms with van der Waals surface area (Å²) in [6.45, 7) is 2.58. The predicted molar refractivity (Wildman–Crippen MR) is 79.9 cm³/mol. The highest BCUT2D eigenvalue weighted by molar-refractivity contribution is 7.89. The van der Waals surface area contributed by atoms with E-state index in [4.69, 9.17) is 16.3 Å². The summed E-state index contributed by atoms with van der Waals surface area (Å²) in [5.74, 6) is 0.699. The van der Waals surface area contributed by atoms with Crippen LogP contribution in [0.15, 0.2) is 35.6 Å². The molecular weight excluding hydrogens is 314 g/mol. The fourth-order valence-electron chi connectivity index (χ4n) is 1.73. The van der Waals surface area contributed by atoms with Crippen molar-refractivity contribution < 1.29 is 13.2 Å². The van der Waals surface area contributed by atoms with Crippen molar-refractivity contribution in [1.82, 2.24) is 14.3 Å². The number of hydrogen-bond donors (Lipinski definition) is 1. The first kappa shape index (κ1) is 15.8. The number of rotatable bonds is 6. The third-order valence-electron chi connectivity index (χ3n) is 2.76. The zero-order valence-corrected chi connectivity index (χ0v) is 13.3. The van der Waals surface area contributed by atoms with Gasteiger partial charge in [0.05, 0.1) is 12.9 Å². The Hall–Kier alpha value is -1.57. The summed E-state index contributed by atoms with van der Waals surface area (Å²) >= 11 is 5.90. The maximum absolute atomic E-state index is 12.1. The van der Waals surface area contributed by atoms with E-state index in [1.54, 1.807) is 13.1 Å². The average Bonchev–Trinajstić information content (AvgIpc) is 2.78. The van der Waals surface area contributed by atoms with Crippen molar-refractivity contribution >= 4 is 21.6 Å². The molecule has 0 bridgehead atoms. The molecule has 0 fully saturated rings. The van der Waals surface area contributed by atoms with Crippen molar-refractivity contribution in [1.29, 1.82) is 0 Å². The number of aromatic nitrogens is 2. The van der Waals surface area contributed by atoms with E-state index in [9.17, 15) is 8.42 Å². The number of nitrogens with zero attached hydrogens (tertiary/aromatic N) is 2. The normalized spacial score (nSPS) is 11.6. The van der Waals surface area contributed by atoms with Crippen molar-refractivity contribution in [3.8, 4) is 5.75 Å². The van der Waals surface area contributed by atoms with E-state index in [1.165, 1.54) is 10.9 Å². The summed E-state index contributed by atoms with van der Waals surface area (Å²) in [4.78, 5) is 3.80. The SMILES string of the molecule is CCOc1cccc(CNS(=O)(=O)c2ncn(C)c2Cl)c1. The van der Waals surface area contributed by atoms with Gasteiger partial charge in [0, 0.05) is 13.6 Å². The standard InChI is InChI=1S/C13H16ClN3O3S/c1-3-20-11-6-4-5-10(7-11)8-16-21(18,19)13-12(14)17(2)9-15-13/h4-7,9,16H,3,8H2,1-2H3. The molecule has 0 aliphatic carbocycles. The first-order valence-corrected chi connectivity index (χ1v) is 8.18. The number of halogens is 1. The molecule has 0 spiro atoms. The number of nitrogens with one attached hydrogen (secondary N) is 1. The number of hydrogen-bond acceptors (Lipinski definition) is 4. The molecule has 1 aromatic carbocycles. The van der Waals surface area contributed by atoms with Crippen LogP contribution in [0.5, 0.6) is 5.75 Å². The second kappa shape index (κ2) is 6.46. The van der Waals surface area contributed by atoms with E-state index < -0.39 is 10.0 Å². The molecular formula is C13H16ClN3O3S. The van der Waals surface area contributed by atoms with Gasteiger partial charge in [-0.25, -0.2) is 18.1 Å². The lowest BCUT2D eigenvalue weighted by molar-refractivity contribution is 0.340. The molecule has 0 radical (unpaired) electrons. The second-order valence-corrected chi connectivity index (χ2v) is 6.40. The number of benzene rings is 1. The molecule has 0 saturated heterocycles. The summed E-state index contributed by atoms with van der Waals surface area (Å²) in [6, 6.07) is 7.22. The molecule has 0 aliphatic rings. The van der Waals surface area contributed by atoms with Gasteiger partial charge in [-0.15, -0.1) is 0 Å². The summed E-state index contributed by atoms with van der Waals surface area (Å²) < 4.78 is 33.6. The van der Waals surface area contributed by atoms with Crippen LogP contribution < -0.4 is 9.46 Å². The molecule has 2 rings (SSSR count). The fraction of sp³-hybridized carbons (Fsp3) is 0.308. The van der Waals surface area contributed by atoms with Crippen LogP contribution in [-0.4, -0.2) is 24.6 Å². The largest absolute Gasteiger partial charge is 0.494 e. The number of aryl methyl sites for hydroxylation is 1. The Labute approximate surface area is 128 Å². The molecule has 6 nitrogen and oxygen atoms in total. The van der Waals surface area contributed by atoms with Crippen LogP contribution in [-0.2, 0) is 23.6 Å². The fourth-order valence-corrected chi connectivity index (χ4v) is 3.17. The first-order valence-electron chi connectivity index (χ1n) is 6.32. The molecule has 0 amide bonds. The first-order chi connectivity index (χ1) is 9.94. The minimum atomic E-state index is -3.75. The van der Waals surface area contributed by atoms with Crippen molar-refractivity contribution in [2.75, 3.05) is 6.61 Å². The van der Waals surface area contributed by atoms with E-state index in [0.29, 0.717) is 12.4 Å². The Morgan fingerprint density at radius 3 is 2.81 bits per heavy atom. The van der Waals surface area contributed by atoms with Gasteiger partial charge in [-0.05, 0) is 24.6 Å². The van der Waals surface area contributed by atoms with Crippen LogP contribution in [0.4, 0.5) is 0 Å². The highest BCUT2D eigenvalue weighted by Gasteiger charge is 2.21. The highest BCUT2D eigenvalue weighted by atomic mass is 35.5. The number of ether oxygens (including phenoxy) is 1. The monoisotopic (exact) mass is 329 g/mol. The maximum Gasteiger partial charge on any atom is 0.261 e. The van der Waals surface area contributed by atoms with E-state index in [2.05, 4.69) is 9.71 Å². The molecule has 2 aromatic rings. The topological polar surface area (TPSA) is 73.2 Å². The van der Waals surface area contributed by atoms with E-state index in [-0.39, 0.29) is 16.7 Å². The van der Waals surface area contributed by atoms with Gasteiger partial charge in [0.15, 0.2) is 0 Å². The lowest BCUT2D eigenvalue weighted by Crippen LogP contribution is -2.24. The predicted octanol–water partition coefficient (Wildman–Crippen LogP) is 1.95. The van der Waals surface area contributed by atoms with Crippen molar-refractivity contribution in [3.63, 3.8) is 0 Å². The summed E-state index contributed by atoms with van der Waals surface area (Å²) in [7, 11) is -2.12. The zero-order valence-electron chi connectivity index (χ0n) is 11.7. The minimum absolute atomic E-state index is 0.0746. The lowest BCUT2D eigenvalue weighted by Gasteiger charge is -2.07.